The lowest BCUT2D eigenvalue weighted by atomic mass is 10.00. The van der Waals surface area contributed by atoms with Crippen LogP contribution in [0.3, 0.4) is 0 Å². The number of carbonyl (C=O) groups is 1. The van der Waals surface area contributed by atoms with Crippen molar-refractivity contribution in [3.63, 3.8) is 0 Å². The summed E-state index contributed by atoms with van der Waals surface area (Å²) < 4.78 is 0. The van der Waals surface area contributed by atoms with Gasteiger partial charge >= 0.3 is 0 Å². The predicted molar refractivity (Wildman–Crippen MR) is 72.3 cm³/mol. The average Bonchev–Trinajstić information content (AvgIpc) is 2.64. The first-order chi connectivity index (χ1) is 8.13. The number of hydrogen-bond donors (Lipinski definition) is 1. The van der Waals surface area contributed by atoms with E-state index >= 15 is 0 Å². The lowest BCUT2D eigenvalue weighted by Crippen LogP contribution is -2.33. The molecule has 0 aromatic carbocycles. The second-order valence-electron chi connectivity index (χ2n) is 4.98. The fraction of sp³-hybridized carbons (Fsp3) is 0.615. The highest BCUT2D eigenvalue weighted by Crippen LogP contribution is 2.23. The number of nitrogens with one attached hydrogen (secondary N) is 1. The van der Waals surface area contributed by atoms with Gasteiger partial charge in [-0.1, -0.05) is 6.92 Å². The molecule has 3 nitrogen and oxygen atoms in total. The first-order valence-electron chi connectivity index (χ1n) is 6.21. The number of nitrogens with zero attached hydrogens (tertiary/aromatic N) is 1. The highest BCUT2D eigenvalue weighted by molar-refractivity contribution is 7.14. The number of carbonyl (C=O) groups excluding carboxylic acids is 1. The molecule has 2 rings (SSSR count). The van der Waals surface area contributed by atoms with Gasteiger partial charge in [0.1, 0.15) is 0 Å². The summed E-state index contributed by atoms with van der Waals surface area (Å²) in [4.78, 5) is 13.4. The van der Waals surface area contributed by atoms with E-state index in [1.165, 1.54) is 31.5 Å². The lowest BCUT2D eigenvalue weighted by molar-refractivity contribution is -0.114. The van der Waals surface area contributed by atoms with Crippen molar-refractivity contribution in [1.29, 1.82) is 0 Å². The van der Waals surface area contributed by atoms with Gasteiger partial charge in [-0.2, -0.15) is 0 Å². The van der Waals surface area contributed by atoms with E-state index < -0.39 is 0 Å². The molecule has 0 radical (unpaired) electrons. The summed E-state index contributed by atoms with van der Waals surface area (Å²) in [6, 6.07) is 2.09. The van der Waals surface area contributed by atoms with Crippen LogP contribution in [0.5, 0.6) is 0 Å². The number of piperidine rings is 1. The van der Waals surface area contributed by atoms with E-state index in [1.54, 1.807) is 18.3 Å². The van der Waals surface area contributed by atoms with E-state index in [4.69, 9.17) is 0 Å². The first kappa shape index (κ1) is 12.6. The van der Waals surface area contributed by atoms with Crippen molar-refractivity contribution in [3.05, 3.63) is 17.0 Å². The molecule has 0 bridgehead atoms. The standard InChI is InChI=1S/C13H20N2OS/c1-10-4-3-5-15(7-10)8-12-6-13(17-9-12)14-11(2)16/h6,9-10H,3-5,7-8H2,1-2H3,(H,14,16). The molecular weight excluding hydrogens is 232 g/mol. The van der Waals surface area contributed by atoms with Gasteiger partial charge in [0.05, 0.1) is 5.00 Å². The summed E-state index contributed by atoms with van der Waals surface area (Å²) in [6.07, 6.45) is 2.67. The van der Waals surface area contributed by atoms with Crippen LogP contribution in [0.2, 0.25) is 0 Å². The van der Waals surface area contributed by atoms with E-state index in [2.05, 4.69) is 28.6 Å². The molecule has 17 heavy (non-hydrogen) atoms. The molecule has 0 saturated carbocycles. The Hall–Kier alpha value is -0.870. The maximum atomic E-state index is 10.9. The molecule has 1 atom stereocenters. The number of amides is 1. The molecule has 1 aromatic rings. The number of hydrogen-bond acceptors (Lipinski definition) is 3. The van der Waals surface area contributed by atoms with Crippen LogP contribution in [0.15, 0.2) is 11.4 Å². The van der Waals surface area contributed by atoms with Crippen LogP contribution < -0.4 is 5.32 Å². The van der Waals surface area contributed by atoms with Crippen LogP contribution in [-0.4, -0.2) is 23.9 Å². The van der Waals surface area contributed by atoms with Crippen LogP contribution in [0.25, 0.3) is 0 Å². The summed E-state index contributed by atoms with van der Waals surface area (Å²) in [6.45, 7) is 7.29. The van der Waals surface area contributed by atoms with Gasteiger partial charge in [0, 0.05) is 20.0 Å². The summed E-state index contributed by atoms with van der Waals surface area (Å²) in [5.41, 5.74) is 1.31. The highest BCUT2D eigenvalue weighted by atomic mass is 32.1. The Balaban J connectivity index is 1.89. The summed E-state index contributed by atoms with van der Waals surface area (Å²) in [5.74, 6) is 0.821. The van der Waals surface area contributed by atoms with E-state index in [9.17, 15) is 4.79 Å². The van der Waals surface area contributed by atoms with Crippen LogP contribution in [-0.2, 0) is 11.3 Å². The summed E-state index contributed by atoms with van der Waals surface area (Å²) >= 11 is 1.61. The highest BCUT2D eigenvalue weighted by Gasteiger charge is 2.16. The molecule has 0 aliphatic carbocycles. The molecular formula is C13H20N2OS. The molecule has 94 valence electrons. The zero-order chi connectivity index (χ0) is 12.3. The van der Waals surface area contributed by atoms with Crippen molar-refractivity contribution in [3.8, 4) is 0 Å². The minimum absolute atomic E-state index is 0.00462. The van der Waals surface area contributed by atoms with Crippen LogP contribution in [0.1, 0.15) is 32.3 Å². The Labute approximate surface area is 107 Å². The van der Waals surface area contributed by atoms with E-state index in [1.807, 2.05) is 0 Å². The Bertz CT molecular complexity index is 389. The Morgan fingerprint density at radius 1 is 1.65 bits per heavy atom. The van der Waals surface area contributed by atoms with Crippen molar-refractivity contribution in [1.82, 2.24) is 4.90 Å². The third-order valence-electron chi connectivity index (χ3n) is 3.10. The Kier molecular flexibility index (Phi) is 4.18. The fourth-order valence-corrected chi connectivity index (χ4v) is 3.23. The van der Waals surface area contributed by atoms with Crippen LogP contribution in [0, 0.1) is 5.92 Å². The molecule has 1 N–H and O–H groups in total. The molecule has 1 fully saturated rings. The van der Waals surface area contributed by atoms with Crippen molar-refractivity contribution >= 4 is 22.2 Å². The van der Waals surface area contributed by atoms with Gasteiger partial charge in [0.15, 0.2) is 0 Å². The number of likely N-dealkylation sites (tertiary alicyclic amines) is 1. The third kappa shape index (κ3) is 3.82. The van der Waals surface area contributed by atoms with Gasteiger partial charge in [-0.05, 0) is 42.3 Å². The minimum atomic E-state index is 0.00462. The molecule has 0 spiro atoms. The number of thiophene rings is 1. The van der Waals surface area contributed by atoms with Gasteiger partial charge in [-0.25, -0.2) is 0 Å². The molecule has 2 heterocycles. The average molecular weight is 252 g/mol. The second kappa shape index (κ2) is 5.65. The SMILES string of the molecule is CC(=O)Nc1cc(CN2CCCC(C)C2)cs1. The molecule has 1 aromatic heterocycles. The second-order valence-corrected chi connectivity index (χ2v) is 5.89. The fourth-order valence-electron chi connectivity index (χ4n) is 2.39. The van der Waals surface area contributed by atoms with Gasteiger partial charge in [0.2, 0.25) is 5.91 Å². The maximum absolute atomic E-state index is 10.9. The normalized spacial score (nSPS) is 21.4. The number of anilines is 1. The van der Waals surface area contributed by atoms with E-state index in [-0.39, 0.29) is 5.91 Å². The Morgan fingerprint density at radius 3 is 3.18 bits per heavy atom. The van der Waals surface area contributed by atoms with Crippen molar-refractivity contribution in [2.75, 3.05) is 18.4 Å². The zero-order valence-electron chi connectivity index (χ0n) is 10.5. The Morgan fingerprint density at radius 2 is 2.47 bits per heavy atom. The predicted octanol–water partition coefficient (Wildman–Crippen LogP) is 2.94. The molecule has 1 saturated heterocycles. The largest absolute Gasteiger partial charge is 0.318 e. The van der Waals surface area contributed by atoms with Crippen molar-refractivity contribution in [2.24, 2.45) is 5.92 Å². The molecule has 1 aliphatic rings. The van der Waals surface area contributed by atoms with E-state index in [0.29, 0.717) is 0 Å². The van der Waals surface area contributed by atoms with Crippen molar-refractivity contribution in [2.45, 2.75) is 33.2 Å². The smallest absolute Gasteiger partial charge is 0.221 e. The monoisotopic (exact) mass is 252 g/mol. The van der Waals surface area contributed by atoms with Gasteiger partial charge in [0.25, 0.3) is 0 Å². The maximum Gasteiger partial charge on any atom is 0.221 e. The summed E-state index contributed by atoms with van der Waals surface area (Å²) in [5, 5.41) is 5.93. The zero-order valence-corrected chi connectivity index (χ0v) is 11.3. The van der Waals surface area contributed by atoms with Gasteiger partial charge in [-0.3, -0.25) is 9.69 Å². The van der Waals surface area contributed by atoms with Crippen molar-refractivity contribution < 1.29 is 4.79 Å². The third-order valence-corrected chi connectivity index (χ3v) is 3.99. The van der Waals surface area contributed by atoms with Gasteiger partial charge < -0.3 is 5.32 Å². The van der Waals surface area contributed by atoms with Crippen LogP contribution in [0.4, 0.5) is 5.00 Å². The minimum Gasteiger partial charge on any atom is -0.318 e. The number of rotatable bonds is 3. The van der Waals surface area contributed by atoms with Gasteiger partial charge in [-0.15, -0.1) is 11.3 Å². The quantitative estimate of drug-likeness (QED) is 0.897. The molecule has 1 amide bonds. The topological polar surface area (TPSA) is 32.3 Å². The molecule has 1 unspecified atom stereocenters. The summed E-state index contributed by atoms with van der Waals surface area (Å²) in [7, 11) is 0. The van der Waals surface area contributed by atoms with E-state index in [0.717, 1.165) is 17.5 Å². The molecule has 4 heteroatoms. The lowest BCUT2D eigenvalue weighted by Gasteiger charge is -2.30. The van der Waals surface area contributed by atoms with Crippen LogP contribution >= 0.6 is 11.3 Å². The first-order valence-corrected chi connectivity index (χ1v) is 7.09. The molecule has 1 aliphatic heterocycles.